The number of nitrogens with one attached hydrogen (secondary N) is 3. The summed E-state index contributed by atoms with van der Waals surface area (Å²) >= 11 is 0. The predicted molar refractivity (Wildman–Crippen MR) is 350 cm³/mol. The Kier molecular flexibility index (Phi) is 15.1. The number of aromatic nitrogens is 6. The molecule has 3 atom stereocenters. The second-order valence-electron chi connectivity index (χ2n) is 21.2. The Morgan fingerprint density at radius 1 is 0.511 bits per heavy atom. The highest BCUT2D eigenvalue weighted by Crippen LogP contribution is 2.42. The largest absolute Gasteiger partial charge is 0.502 e. The molecule has 462 valence electrons. The summed E-state index contributed by atoms with van der Waals surface area (Å²) in [7, 11) is 0. The fourth-order valence-electron chi connectivity index (χ4n) is 9.93. The van der Waals surface area contributed by atoms with E-state index in [1.165, 1.54) is 19.1 Å². The van der Waals surface area contributed by atoms with Gasteiger partial charge in [0.1, 0.15) is 17.2 Å². The van der Waals surface area contributed by atoms with Gasteiger partial charge in [0.05, 0.1) is 46.2 Å². The average Bonchev–Trinajstić information content (AvgIpc) is 1.58. The van der Waals surface area contributed by atoms with Gasteiger partial charge in [0.15, 0.2) is 0 Å². The zero-order valence-corrected chi connectivity index (χ0v) is 51.3. The van der Waals surface area contributed by atoms with Crippen LogP contribution in [-0.2, 0) is 19.1 Å². The smallest absolute Gasteiger partial charge is 0.256 e. The van der Waals surface area contributed by atoms with Crippen molar-refractivity contribution in [2.75, 3.05) is 19.6 Å². The van der Waals surface area contributed by atoms with Crippen LogP contribution in [0.5, 0.6) is 17.2 Å². The van der Waals surface area contributed by atoms with E-state index < -0.39 is 68.3 Å². The Morgan fingerprint density at radius 2 is 0.856 bits per heavy atom. The fraction of sp³-hybridized carbons (Fsp3) is 0.375. The summed E-state index contributed by atoms with van der Waals surface area (Å²) in [5, 5.41) is 20.9. The van der Waals surface area contributed by atoms with Crippen molar-refractivity contribution in [2.45, 2.75) is 156 Å². The molecule has 0 unspecified atom stereocenters. The molecule has 90 heavy (non-hydrogen) atoms. The van der Waals surface area contributed by atoms with Crippen molar-refractivity contribution in [3.8, 4) is 85.8 Å². The number of fused-ring (bicyclic) bond motifs is 3. The molecule has 0 aliphatic heterocycles. The van der Waals surface area contributed by atoms with E-state index in [1.807, 2.05) is 6.92 Å². The van der Waals surface area contributed by atoms with Gasteiger partial charge in [-0.3, -0.25) is 0 Å². The van der Waals surface area contributed by atoms with Gasteiger partial charge in [-0.1, -0.05) is 90.8 Å². The lowest BCUT2D eigenvalue weighted by Crippen LogP contribution is -2.19. The fourth-order valence-corrected chi connectivity index (χ4v) is 9.93. The zero-order valence-electron chi connectivity index (χ0n) is 67.3. The second kappa shape index (κ2) is 29.7. The molecule has 9 aromatic rings. The summed E-state index contributed by atoms with van der Waals surface area (Å²) in [6.07, 6.45) is -10.3. The first-order chi connectivity index (χ1) is 49.3. The molecule has 3 N–H and O–H groups in total. The molecule has 0 radical (unpaired) electrons. The maximum absolute atomic E-state index is 8.89. The summed E-state index contributed by atoms with van der Waals surface area (Å²) in [5.74, 6) is 1.69. The third-order valence-corrected chi connectivity index (χ3v) is 13.9. The zero-order chi connectivity index (χ0) is 77.8. The number of nitrogens with zero attached hydrogens (tertiary/aromatic N) is 9. The van der Waals surface area contributed by atoms with Gasteiger partial charge in [-0.25, -0.2) is 14.5 Å². The Hall–Kier alpha value is -9.51. The van der Waals surface area contributed by atoms with Crippen molar-refractivity contribution in [2.24, 2.45) is 0 Å². The van der Waals surface area contributed by atoms with E-state index >= 15 is 0 Å². The van der Waals surface area contributed by atoms with Crippen LogP contribution in [0.25, 0.3) is 83.1 Å². The molecule has 0 spiro atoms. The van der Waals surface area contributed by atoms with E-state index in [0.717, 1.165) is 6.42 Å². The molecular formula is C72H78N12O6. The number of benzene rings is 6. The van der Waals surface area contributed by atoms with Crippen molar-refractivity contribution >= 4 is 17.1 Å². The van der Waals surface area contributed by atoms with E-state index in [2.05, 4.69) is 60.9 Å². The monoisotopic (exact) mass is 1220 g/mol. The van der Waals surface area contributed by atoms with Crippen LogP contribution in [0.2, 0.25) is 0 Å². The summed E-state index contributed by atoms with van der Waals surface area (Å²) in [6, 6.07) is 25.0. The molecular weight excluding hydrogens is 1130 g/mol. The third-order valence-electron chi connectivity index (χ3n) is 13.9. The molecule has 0 fully saturated rings. The Labute approximate surface area is 550 Å². The lowest BCUT2D eigenvalue weighted by atomic mass is 10.0. The van der Waals surface area contributed by atoms with Crippen LogP contribution in [0.3, 0.4) is 0 Å². The van der Waals surface area contributed by atoms with Crippen LogP contribution in [0.1, 0.15) is 174 Å². The Morgan fingerprint density at radius 3 is 1.17 bits per heavy atom. The number of hydrogen-bond donors (Lipinski definition) is 3. The molecule has 18 nitrogen and oxygen atoms in total. The van der Waals surface area contributed by atoms with Crippen LogP contribution in [0.4, 0.5) is 17.1 Å². The SMILES string of the molecule is [2H]C(C)(C)Oc1ccc(-c2nc(-c3cccc4c3C([2H])([2H])C[C@]4([2H])NCCC)no2)cc1[N+]#[C-].[2H]C([2H])(C)CN[C@@]1([2H])CC([2H])([2H])c2c(-c3noc(-c4ccc(OC([2H])(C)C)c([N+]#[C-])c4)n3)cccc21.[2H]C([2H])(CC)N[C@@]1([2H])CC([2H])([2H])c2c(-c3noc(-c4ccc(OC([2H])(C)C)c([N+]#[C-])c4)n3)cccc21. The molecule has 0 amide bonds. The first kappa shape index (κ1) is 45.7. The minimum Gasteiger partial charge on any atom is -0.502 e. The average molecular weight is 1220 g/mol. The molecule has 6 aromatic carbocycles. The normalized spacial score (nSPS) is 22.6. The first-order valence-corrected chi connectivity index (χ1v) is 29.1. The van der Waals surface area contributed by atoms with Gasteiger partial charge < -0.3 is 43.7 Å². The van der Waals surface area contributed by atoms with Gasteiger partial charge in [0, 0.05) is 65.1 Å². The van der Waals surface area contributed by atoms with Crippen molar-refractivity contribution in [3.05, 3.63) is 177 Å². The van der Waals surface area contributed by atoms with Crippen molar-refractivity contribution < 1.29 is 49.7 Å². The predicted octanol–water partition coefficient (Wildman–Crippen LogP) is 17.2. The summed E-state index contributed by atoms with van der Waals surface area (Å²) in [4.78, 5) is 23.8. The van der Waals surface area contributed by atoms with Crippen LogP contribution < -0.4 is 30.2 Å². The first-order valence-electron chi connectivity index (χ1n) is 37.1. The quantitative estimate of drug-likeness (QED) is 0.0575. The number of rotatable bonds is 21. The van der Waals surface area contributed by atoms with Gasteiger partial charge in [0.2, 0.25) is 34.5 Å². The van der Waals surface area contributed by atoms with E-state index in [0.29, 0.717) is 67.9 Å². The highest BCUT2D eigenvalue weighted by molar-refractivity contribution is 5.74. The van der Waals surface area contributed by atoms with Crippen LogP contribution in [0, 0.1) is 19.7 Å². The molecule has 3 aliphatic carbocycles. The van der Waals surface area contributed by atoms with Crippen molar-refractivity contribution in [1.82, 2.24) is 46.4 Å². The van der Waals surface area contributed by atoms with Gasteiger partial charge in [-0.2, -0.15) is 15.0 Å². The molecule has 18 heteroatoms. The van der Waals surface area contributed by atoms with E-state index in [9.17, 15) is 0 Å². The van der Waals surface area contributed by atoms with Gasteiger partial charge in [0.25, 0.3) is 17.7 Å². The van der Waals surface area contributed by atoms with Crippen LogP contribution in [-0.4, -0.2) is 68.2 Å². The Balaban J connectivity index is 0.000000170. The maximum atomic E-state index is 8.89. The topological polar surface area (TPSA) is 194 Å². The lowest BCUT2D eigenvalue weighted by molar-refractivity contribution is 0.244. The summed E-state index contributed by atoms with van der Waals surface area (Å²) < 4.78 is 167. The van der Waals surface area contributed by atoms with Crippen molar-refractivity contribution in [3.63, 3.8) is 0 Å². The van der Waals surface area contributed by atoms with Crippen molar-refractivity contribution in [1.29, 1.82) is 0 Å². The highest BCUT2D eigenvalue weighted by atomic mass is 16.5. The molecule has 12 rings (SSSR count). The molecule has 0 saturated carbocycles. The molecule has 0 bridgehead atoms. The summed E-state index contributed by atoms with van der Waals surface area (Å²) in [6.45, 7) is 35.5. The van der Waals surface area contributed by atoms with Crippen LogP contribution >= 0.6 is 0 Å². The van der Waals surface area contributed by atoms with Gasteiger partial charge >= 0.3 is 0 Å². The Bertz CT molecular complexity index is 4910. The van der Waals surface area contributed by atoms with E-state index in [-0.39, 0.29) is 107 Å². The van der Waals surface area contributed by atoms with Gasteiger partial charge in [-0.15, -0.1) is 0 Å². The van der Waals surface area contributed by atoms with Crippen LogP contribution in [0.15, 0.2) is 123 Å². The third kappa shape index (κ3) is 14.6. The minimum atomic E-state index is -1.94. The number of hydrogen-bond acceptors (Lipinski definition) is 15. The summed E-state index contributed by atoms with van der Waals surface area (Å²) in [5.41, 5.74) is 5.39. The van der Waals surface area contributed by atoms with E-state index in [1.54, 1.807) is 146 Å². The standard InChI is InChI=1S/3C24H26N4O2/c3*1-5-13-26-20-11-10-17-18(20)7-6-8-19(17)23-27-24(30-28-23)16-9-12-22(29-15(2)3)21(14-16)25-4/h3*6-9,12,14-15,20,26H,5,10-11,13H2,1-3H3/t3*20-/m000/s1/i10D2,13D2,15D,20D;5D2,10D2,15D,20D;10D2,15D,20D. The molecule has 0 saturated heterocycles. The maximum Gasteiger partial charge on any atom is 0.256 e. The molecule has 3 aliphatic rings. The second-order valence-corrected chi connectivity index (χ2v) is 21.2. The van der Waals surface area contributed by atoms with E-state index in [4.69, 9.17) is 69.4 Å². The number of ether oxygens (including phenoxy) is 3. The lowest BCUT2D eigenvalue weighted by Gasteiger charge is -2.13. The minimum absolute atomic E-state index is 0.0147. The van der Waals surface area contributed by atoms with Gasteiger partial charge in [-0.05, 0) is 207 Å². The highest BCUT2D eigenvalue weighted by Gasteiger charge is 2.30. The molecule has 3 aromatic heterocycles. The molecule has 3 heterocycles.